The number of sulfone groups is 1. The van der Waals surface area contributed by atoms with Crippen LogP contribution in [-0.2, 0) is 9.84 Å². The van der Waals surface area contributed by atoms with E-state index in [2.05, 4.69) is 22.1 Å². The number of likely N-dealkylation sites (tertiary alicyclic amines) is 1. The Morgan fingerprint density at radius 1 is 1.48 bits per heavy atom. The predicted molar refractivity (Wildman–Crippen MR) is 114 cm³/mol. The zero-order valence-corrected chi connectivity index (χ0v) is 18.7. The molecule has 1 saturated heterocycles. The van der Waals surface area contributed by atoms with Crippen LogP contribution in [0.5, 0.6) is 0 Å². The van der Waals surface area contributed by atoms with Crippen LogP contribution in [0.4, 0.5) is 0 Å². The van der Waals surface area contributed by atoms with Gasteiger partial charge in [-0.3, -0.25) is 4.99 Å². The average Bonchev–Trinajstić information content (AvgIpc) is 3.07. The van der Waals surface area contributed by atoms with Gasteiger partial charge in [0.05, 0.1) is 18.4 Å². The van der Waals surface area contributed by atoms with Crippen LogP contribution in [0.25, 0.3) is 0 Å². The topological polar surface area (TPSA) is 82.0 Å². The van der Waals surface area contributed by atoms with Gasteiger partial charge in [0.2, 0.25) is 0 Å². The Bertz CT molecular complexity index is 627. The van der Waals surface area contributed by atoms with E-state index in [0.29, 0.717) is 4.21 Å². The molecule has 1 aromatic rings. The van der Waals surface area contributed by atoms with E-state index in [1.165, 1.54) is 11.3 Å². The van der Waals surface area contributed by atoms with Crippen molar-refractivity contribution in [3.8, 4) is 0 Å². The van der Waals surface area contributed by atoms with Crippen molar-refractivity contribution in [2.24, 2.45) is 10.9 Å². The molecule has 1 aromatic heterocycles. The summed E-state index contributed by atoms with van der Waals surface area (Å²) in [6.45, 7) is 6.96. The van der Waals surface area contributed by atoms with Gasteiger partial charge in [-0.05, 0) is 37.1 Å². The van der Waals surface area contributed by atoms with Crippen LogP contribution < -0.4 is 5.32 Å². The van der Waals surface area contributed by atoms with E-state index in [1.807, 2.05) is 6.92 Å². The first-order valence-corrected chi connectivity index (χ1v) is 10.9. The molecule has 0 saturated carbocycles. The molecule has 1 atom stereocenters. The zero-order chi connectivity index (χ0) is 17.6. The average molecular weight is 501 g/mol. The van der Waals surface area contributed by atoms with Gasteiger partial charge in [0.25, 0.3) is 0 Å². The van der Waals surface area contributed by atoms with Gasteiger partial charge in [0, 0.05) is 19.6 Å². The molecule has 6 nitrogen and oxygen atoms in total. The number of aliphatic hydroxyl groups excluding tert-OH is 1. The first-order valence-electron chi connectivity index (χ1n) is 8.40. The van der Waals surface area contributed by atoms with Gasteiger partial charge in [-0.1, -0.05) is 13.0 Å². The van der Waals surface area contributed by atoms with E-state index in [-0.39, 0.29) is 36.3 Å². The number of nitrogens with zero attached hydrogens (tertiary/aromatic N) is 2. The Hall–Kier alpha value is -0.390. The zero-order valence-electron chi connectivity index (χ0n) is 14.7. The van der Waals surface area contributed by atoms with Gasteiger partial charge in [0.1, 0.15) is 4.21 Å². The van der Waals surface area contributed by atoms with Crippen molar-refractivity contribution in [3.63, 3.8) is 0 Å². The number of aliphatic hydroxyl groups is 1. The Balaban J connectivity index is 0.00000312. The molecular weight excluding hydrogens is 473 g/mol. The van der Waals surface area contributed by atoms with Crippen LogP contribution >= 0.6 is 35.3 Å². The highest BCUT2D eigenvalue weighted by Gasteiger charge is 2.22. The summed E-state index contributed by atoms with van der Waals surface area (Å²) in [6, 6.07) is 3.26. The molecule has 1 fully saturated rings. The predicted octanol–water partition coefficient (Wildman–Crippen LogP) is 2.20. The van der Waals surface area contributed by atoms with Gasteiger partial charge in [0.15, 0.2) is 15.8 Å². The van der Waals surface area contributed by atoms with E-state index >= 15 is 0 Å². The van der Waals surface area contributed by atoms with E-state index in [4.69, 9.17) is 0 Å². The second-order valence-electron chi connectivity index (χ2n) is 6.23. The van der Waals surface area contributed by atoms with Crippen molar-refractivity contribution in [1.29, 1.82) is 0 Å². The molecule has 0 aromatic carbocycles. The largest absolute Gasteiger partial charge is 0.390 e. The number of halogens is 1. The maximum Gasteiger partial charge on any atom is 0.194 e. The van der Waals surface area contributed by atoms with E-state index in [0.717, 1.165) is 44.4 Å². The lowest BCUT2D eigenvalue weighted by Gasteiger charge is -2.33. The fourth-order valence-electron chi connectivity index (χ4n) is 2.67. The minimum Gasteiger partial charge on any atom is -0.390 e. The minimum absolute atomic E-state index is 0. The molecule has 1 aliphatic rings. The van der Waals surface area contributed by atoms with Gasteiger partial charge in [-0.25, -0.2) is 8.42 Å². The number of guanidine groups is 1. The van der Waals surface area contributed by atoms with E-state index in [1.54, 1.807) is 17.5 Å². The van der Waals surface area contributed by atoms with Gasteiger partial charge >= 0.3 is 0 Å². The second kappa shape index (κ2) is 10.7. The Labute approximate surface area is 171 Å². The van der Waals surface area contributed by atoms with Crippen LogP contribution in [0.3, 0.4) is 0 Å². The summed E-state index contributed by atoms with van der Waals surface area (Å²) in [5.74, 6) is 1.19. The molecule has 2 rings (SSSR count). The van der Waals surface area contributed by atoms with E-state index in [9.17, 15) is 13.5 Å². The van der Waals surface area contributed by atoms with Crippen LogP contribution in [-0.4, -0.2) is 62.4 Å². The molecule has 9 heteroatoms. The number of piperidine rings is 1. The third kappa shape index (κ3) is 7.03. The van der Waals surface area contributed by atoms with Crippen molar-refractivity contribution in [1.82, 2.24) is 10.2 Å². The van der Waals surface area contributed by atoms with Gasteiger partial charge in [-0.2, -0.15) is 0 Å². The molecular formula is C16H28IN3O3S2. The normalized spacial score (nSPS) is 17.9. The number of nitrogens with one attached hydrogen (secondary N) is 1. The molecule has 0 radical (unpaired) electrons. The Morgan fingerprint density at radius 2 is 2.16 bits per heavy atom. The maximum atomic E-state index is 12.2. The molecule has 2 heterocycles. The molecule has 25 heavy (non-hydrogen) atoms. The quantitative estimate of drug-likeness (QED) is 0.355. The number of thiophene rings is 1. The highest BCUT2D eigenvalue weighted by Crippen LogP contribution is 2.18. The van der Waals surface area contributed by atoms with Crippen LogP contribution in [0.15, 0.2) is 26.7 Å². The summed E-state index contributed by atoms with van der Waals surface area (Å²) < 4.78 is 24.7. The molecule has 0 spiro atoms. The van der Waals surface area contributed by atoms with Crippen LogP contribution in [0.1, 0.15) is 26.7 Å². The second-order valence-corrected chi connectivity index (χ2v) is 9.44. The molecule has 0 aliphatic carbocycles. The van der Waals surface area contributed by atoms with Crippen LogP contribution in [0.2, 0.25) is 0 Å². The summed E-state index contributed by atoms with van der Waals surface area (Å²) in [5.41, 5.74) is 0. The van der Waals surface area contributed by atoms with Gasteiger partial charge in [-0.15, -0.1) is 35.3 Å². The number of hydrogen-bond donors (Lipinski definition) is 2. The van der Waals surface area contributed by atoms with Crippen LogP contribution in [0, 0.1) is 5.92 Å². The van der Waals surface area contributed by atoms with E-state index < -0.39 is 15.9 Å². The van der Waals surface area contributed by atoms with Crippen molar-refractivity contribution in [2.75, 3.05) is 31.9 Å². The molecule has 144 valence electrons. The molecule has 1 aliphatic heterocycles. The summed E-state index contributed by atoms with van der Waals surface area (Å²) >= 11 is 1.17. The summed E-state index contributed by atoms with van der Waals surface area (Å²) in [7, 11) is -3.44. The monoisotopic (exact) mass is 501 g/mol. The molecule has 2 N–H and O–H groups in total. The fraction of sp³-hybridized carbons (Fsp3) is 0.688. The highest BCUT2D eigenvalue weighted by molar-refractivity contribution is 14.0. The number of rotatable bonds is 6. The summed E-state index contributed by atoms with van der Waals surface area (Å²) in [6.07, 6.45) is 1.24. The van der Waals surface area contributed by atoms with Crippen molar-refractivity contribution in [2.45, 2.75) is 37.0 Å². The number of aliphatic imine (C=N–C) groups is 1. The SMILES string of the molecule is CCNC(=NCC(O)CS(=O)(=O)c1cccs1)N1CCC(C)CC1.I. The fourth-order valence-corrected chi connectivity index (χ4v) is 5.13. The van der Waals surface area contributed by atoms with Gasteiger partial charge < -0.3 is 15.3 Å². The van der Waals surface area contributed by atoms with Crippen molar-refractivity contribution in [3.05, 3.63) is 17.5 Å². The first kappa shape index (κ1) is 22.7. The highest BCUT2D eigenvalue weighted by atomic mass is 127. The lowest BCUT2D eigenvalue weighted by Crippen LogP contribution is -2.45. The number of hydrogen-bond acceptors (Lipinski definition) is 5. The standard InChI is InChI=1S/C16H27N3O3S2.HI/c1-3-17-16(19-8-6-13(2)7-9-19)18-11-14(20)12-24(21,22)15-5-4-10-23-15;/h4-5,10,13-14,20H,3,6-9,11-12H2,1-2H3,(H,17,18);1H. The minimum atomic E-state index is -3.44. The molecule has 0 bridgehead atoms. The maximum absolute atomic E-state index is 12.2. The smallest absolute Gasteiger partial charge is 0.194 e. The lowest BCUT2D eigenvalue weighted by molar-refractivity contribution is 0.204. The molecule has 1 unspecified atom stereocenters. The first-order chi connectivity index (χ1) is 11.4. The third-order valence-corrected chi connectivity index (χ3v) is 7.37. The Morgan fingerprint density at radius 3 is 2.72 bits per heavy atom. The summed E-state index contributed by atoms with van der Waals surface area (Å²) in [4.78, 5) is 6.63. The lowest BCUT2D eigenvalue weighted by atomic mass is 10.00. The molecule has 0 amide bonds. The summed E-state index contributed by atoms with van der Waals surface area (Å²) in [5, 5.41) is 15.1. The van der Waals surface area contributed by atoms with Crippen molar-refractivity contribution >= 4 is 51.1 Å². The Kier molecular flexibility index (Phi) is 9.68. The third-order valence-electron chi connectivity index (χ3n) is 4.08. The van der Waals surface area contributed by atoms with Crippen molar-refractivity contribution < 1.29 is 13.5 Å².